The highest BCUT2D eigenvalue weighted by atomic mass is 35.5. The molecule has 0 aliphatic heterocycles. The summed E-state index contributed by atoms with van der Waals surface area (Å²) in [6, 6.07) is 5.01. The molecule has 3 aromatic rings. The number of benzene rings is 2. The van der Waals surface area contributed by atoms with Crippen molar-refractivity contribution in [1.82, 2.24) is 0 Å². The van der Waals surface area contributed by atoms with Crippen molar-refractivity contribution in [3.8, 4) is 23.0 Å². The summed E-state index contributed by atoms with van der Waals surface area (Å²) in [5.41, 5.74) is 0.355. The van der Waals surface area contributed by atoms with Crippen molar-refractivity contribution >= 4 is 33.5 Å². The minimum Gasteiger partial charge on any atom is -0.491 e. The van der Waals surface area contributed by atoms with Crippen LogP contribution in [0, 0.1) is 17.8 Å². The summed E-state index contributed by atoms with van der Waals surface area (Å²) in [6.45, 7) is 13.7. The van der Waals surface area contributed by atoms with E-state index in [4.69, 9.17) is 35.0 Å². The molecular formula is C26H33ClO6. The third-order valence-corrected chi connectivity index (χ3v) is 5.09. The fraction of sp³-hybridized carbons (Fsp3) is 0.500. The number of hydrogen-bond donors (Lipinski definition) is 0. The first-order chi connectivity index (χ1) is 15.6. The molecule has 0 radical (unpaired) electrons. The average Bonchev–Trinajstić information content (AvgIpc) is 2.75. The zero-order chi connectivity index (χ0) is 24.3. The summed E-state index contributed by atoms with van der Waals surface area (Å²) in [5, 5.41) is 0.982. The smallest absolute Gasteiger partial charge is 0.206 e. The number of methoxy groups -OCH3 is 1. The quantitative estimate of drug-likeness (QED) is 0.303. The first-order valence-corrected chi connectivity index (χ1v) is 11.7. The van der Waals surface area contributed by atoms with Crippen LogP contribution in [0.5, 0.6) is 23.0 Å². The summed E-state index contributed by atoms with van der Waals surface area (Å²) >= 11 is 6.43. The Labute approximate surface area is 199 Å². The minimum atomic E-state index is -0.227. The predicted molar refractivity (Wildman–Crippen MR) is 133 cm³/mol. The van der Waals surface area contributed by atoms with E-state index in [1.54, 1.807) is 18.2 Å². The first kappa shape index (κ1) is 25.0. The number of rotatable bonds is 10. The second-order valence-corrected chi connectivity index (χ2v) is 9.82. The van der Waals surface area contributed by atoms with Crippen molar-refractivity contribution in [2.45, 2.75) is 41.5 Å². The maximum Gasteiger partial charge on any atom is 0.206 e. The van der Waals surface area contributed by atoms with Crippen LogP contribution in [0.25, 0.3) is 21.9 Å². The van der Waals surface area contributed by atoms with Gasteiger partial charge >= 0.3 is 0 Å². The molecule has 0 fully saturated rings. The SMILES string of the molecule is COc1c(Cl)cc2c(=O)c3ccc(OCC(C)C)c(OCC(C)C)c3oc2c1OCC(C)C. The van der Waals surface area contributed by atoms with E-state index < -0.39 is 0 Å². The molecule has 0 aliphatic rings. The van der Waals surface area contributed by atoms with Crippen LogP contribution in [0.15, 0.2) is 27.4 Å². The maximum atomic E-state index is 13.5. The summed E-state index contributed by atoms with van der Waals surface area (Å²) in [4.78, 5) is 13.5. The molecule has 0 bridgehead atoms. The van der Waals surface area contributed by atoms with Gasteiger partial charge in [-0.15, -0.1) is 0 Å². The van der Waals surface area contributed by atoms with Gasteiger partial charge in [0.05, 0.1) is 42.7 Å². The second kappa shape index (κ2) is 10.6. The van der Waals surface area contributed by atoms with Gasteiger partial charge in [-0.3, -0.25) is 4.79 Å². The van der Waals surface area contributed by atoms with Crippen LogP contribution in [-0.4, -0.2) is 26.9 Å². The van der Waals surface area contributed by atoms with Crippen molar-refractivity contribution in [2.24, 2.45) is 17.8 Å². The largest absolute Gasteiger partial charge is 0.491 e. The number of halogens is 1. The molecule has 2 aromatic carbocycles. The third-order valence-electron chi connectivity index (χ3n) is 4.81. The average molecular weight is 477 g/mol. The minimum absolute atomic E-state index is 0.227. The van der Waals surface area contributed by atoms with Crippen molar-refractivity contribution in [3.63, 3.8) is 0 Å². The van der Waals surface area contributed by atoms with Crippen molar-refractivity contribution in [2.75, 3.05) is 26.9 Å². The molecule has 0 saturated heterocycles. The molecule has 33 heavy (non-hydrogen) atoms. The van der Waals surface area contributed by atoms with Gasteiger partial charge in [-0.1, -0.05) is 53.1 Å². The number of fused-ring (bicyclic) bond motifs is 2. The molecule has 0 N–H and O–H groups in total. The van der Waals surface area contributed by atoms with E-state index >= 15 is 0 Å². The summed E-state index contributed by atoms with van der Waals surface area (Å²) in [5.74, 6) is 2.41. The van der Waals surface area contributed by atoms with E-state index in [0.717, 1.165) is 0 Å². The van der Waals surface area contributed by atoms with Gasteiger partial charge in [0.2, 0.25) is 16.9 Å². The molecule has 1 heterocycles. The highest BCUT2D eigenvalue weighted by Crippen LogP contribution is 2.44. The van der Waals surface area contributed by atoms with Gasteiger partial charge in [0.1, 0.15) is 0 Å². The lowest BCUT2D eigenvalue weighted by atomic mass is 10.1. The van der Waals surface area contributed by atoms with E-state index in [-0.39, 0.29) is 27.9 Å². The van der Waals surface area contributed by atoms with Crippen LogP contribution >= 0.6 is 11.6 Å². The van der Waals surface area contributed by atoms with E-state index in [1.807, 2.05) is 13.8 Å². The maximum absolute atomic E-state index is 13.5. The van der Waals surface area contributed by atoms with Crippen LogP contribution in [0.1, 0.15) is 41.5 Å². The van der Waals surface area contributed by atoms with Crippen LogP contribution in [0.2, 0.25) is 5.02 Å². The number of ether oxygens (including phenoxy) is 4. The fourth-order valence-corrected chi connectivity index (χ4v) is 3.53. The zero-order valence-corrected chi connectivity index (χ0v) is 21.2. The topological polar surface area (TPSA) is 67.1 Å². The molecule has 0 unspecified atom stereocenters. The molecule has 3 rings (SSSR count). The lowest BCUT2D eigenvalue weighted by Crippen LogP contribution is -2.11. The second-order valence-electron chi connectivity index (χ2n) is 9.41. The van der Waals surface area contributed by atoms with Gasteiger partial charge in [-0.25, -0.2) is 0 Å². The molecule has 180 valence electrons. The molecule has 0 atom stereocenters. The Morgan fingerprint density at radius 1 is 0.788 bits per heavy atom. The monoisotopic (exact) mass is 476 g/mol. The van der Waals surface area contributed by atoms with Crippen molar-refractivity contribution < 1.29 is 23.4 Å². The molecule has 7 heteroatoms. The normalized spacial score (nSPS) is 11.7. The van der Waals surface area contributed by atoms with Crippen LogP contribution < -0.4 is 24.4 Å². The Hall–Kier alpha value is -2.60. The standard InChI is InChI=1S/C26H33ClO6/c1-14(2)11-30-20-9-8-17-21(28)18-10-19(27)24(29-7)26(32-13-16(5)6)23(18)33-22(17)25(20)31-12-15(3)4/h8-10,14-16H,11-13H2,1-7H3. The lowest BCUT2D eigenvalue weighted by molar-refractivity contribution is 0.229. The van der Waals surface area contributed by atoms with Crippen LogP contribution in [0.4, 0.5) is 0 Å². The Morgan fingerprint density at radius 2 is 1.33 bits per heavy atom. The highest BCUT2D eigenvalue weighted by molar-refractivity contribution is 6.33. The lowest BCUT2D eigenvalue weighted by Gasteiger charge is -2.18. The summed E-state index contributed by atoms with van der Waals surface area (Å²) in [7, 11) is 1.50. The molecule has 0 saturated carbocycles. The van der Waals surface area contributed by atoms with E-state index in [0.29, 0.717) is 65.1 Å². The zero-order valence-electron chi connectivity index (χ0n) is 20.4. The molecular weight excluding hydrogens is 444 g/mol. The molecule has 0 aliphatic carbocycles. The van der Waals surface area contributed by atoms with Gasteiger partial charge in [0.15, 0.2) is 22.7 Å². The van der Waals surface area contributed by atoms with Crippen molar-refractivity contribution in [1.29, 1.82) is 0 Å². The number of hydrogen-bond acceptors (Lipinski definition) is 6. The molecule has 6 nitrogen and oxygen atoms in total. The van der Waals surface area contributed by atoms with E-state index in [2.05, 4.69) is 27.7 Å². The predicted octanol–water partition coefficient (Wildman–Crippen LogP) is 6.71. The summed E-state index contributed by atoms with van der Waals surface area (Å²) in [6.07, 6.45) is 0. The van der Waals surface area contributed by atoms with Crippen LogP contribution in [0.3, 0.4) is 0 Å². The van der Waals surface area contributed by atoms with Gasteiger partial charge in [0, 0.05) is 0 Å². The van der Waals surface area contributed by atoms with Gasteiger partial charge in [-0.05, 0) is 36.0 Å². The van der Waals surface area contributed by atoms with Crippen molar-refractivity contribution in [3.05, 3.63) is 33.4 Å². The Kier molecular flexibility index (Phi) is 8.01. The first-order valence-electron chi connectivity index (χ1n) is 11.3. The van der Waals surface area contributed by atoms with Gasteiger partial charge < -0.3 is 23.4 Å². The van der Waals surface area contributed by atoms with Gasteiger partial charge in [-0.2, -0.15) is 0 Å². The molecule has 0 spiro atoms. The Morgan fingerprint density at radius 3 is 1.91 bits per heavy atom. The Bertz CT molecular complexity index is 1180. The third kappa shape index (κ3) is 5.49. The Balaban J connectivity index is 2.33. The van der Waals surface area contributed by atoms with Crippen LogP contribution in [-0.2, 0) is 0 Å². The van der Waals surface area contributed by atoms with E-state index in [9.17, 15) is 4.79 Å². The fourth-order valence-electron chi connectivity index (χ4n) is 3.26. The molecule has 1 aromatic heterocycles. The highest BCUT2D eigenvalue weighted by Gasteiger charge is 2.24. The van der Waals surface area contributed by atoms with E-state index in [1.165, 1.54) is 7.11 Å². The summed E-state index contributed by atoms with van der Waals surface area (Å²) < 4.78 is 30.0. The van der Waals surface area contributed by atoms with Gasteiger partial charge in [0.25, 0.3) is 0 Å². The molecule has 0 amide bonds.